The average Bonchev–Trinajstić information content (AvgIpc) is 2.70. The highest BCUT2D eigenvalue weighted by Crippen LogP contribution is 2.25. The van der Waals surface area contributed by atoms with Gasteiger partial charge in [0.05, 0.1) is 11.6 Å². The van der Waals surface area contributed by atoms with Gasteiger partial charge in [0.25, 0.3) is 0 Å². The molecule has 1 fully saturated rings. The summed E-state index contributed by atoms with van der Waals surface area (Å²) in [6.07, 6.45) is 0. The molecule has 0 aromatic carbocycles. The van der Waals surface area contributed by atoms with E-state index in [0.29, 0.717) is 17.5 Å². The SMILES string of the molecule is Cc1cc(C#N)cc(N2CC(C)C(N(C)C)C2)n1. The lowest BCUT2D eigenvalue weighted by molar-refractivity contribution is 0.266. The van der Waals surface area contributed by atoms with Crippen LogP contribution >= 0.6 is 0 Å². The molecular formula is C14H20N4. The smallest absolute Gasteiger partial charge is 0.130 e. The lowest BCUT2D eigenvalue weighted by Crippen LogP contribution is -2.34. The third-order valence-corrected chi connectivity index (χ3v) is 3.63. The summed E-state index contributed by atoms with van der Waals surface area (Å²) in [5.74, 6) is 1.55. The van der Waals surface area contributed by atoms with Gasteiger partial charge in [-0.3, -0.25) is 0 Å². The zero-order chi connectivity index (χ0) is 13.3. The van der Waals surface area contributed by atoms with Crippen LogP contribution in [0.25, 0.3) is 0 Å². The van der Waals surface area contributed by atoms with E-state index in [1.807, 2.05) is 19.1 Å². The molecule has 0 bridgehead atoms. The normalized spacial score (nSPS) is 23.4. The van der Waals surface area contributed by atoms with Gasteiger partial charge in [0.2, 0.25) is 0 Å². The molecule has 0 N–H and O–H groups in total. The summed E-state index contributed by atoms with van der Waals surface area (Å²) in [6.45, 7) is 6.19. The molecule has 0 radical (unpaired) electrons. The fraction of sp³-hybridized carbons (Fsp3) is 0.571. The number of likely N-dealkylation sites (N-methyl/N-ethyl adjacent to an activating group) is 1. The van der Waals surface area contributed by atoms with E-state index in [4.69, 9.17) is 5.26 Å². The van der Waals surface area contributed by atoms with Crippen LogP contribution in [0.3, 0.4) is 0 Å². The van der Waals surface area contributed by atoms with Gasteiger partial charge in [0.15, 0.2) is 0 Å². The van der Waals surface area contributed by atoms with Gasteiger partial charge in [-0.25, -0.2) is 4.98 Å². The Bertz CT molecular complexity index is 475. The number of anilines is 1. The molecule has 1 aromatic rings. The number of nitriles is 1. The molecule has 2 unspecified atom stereocenters. The maximum atomic E-state index is 9.02. The molecule has 1 saturated heterocycles. The highest BCUT2D eigenvalue weighted by atomic mass is 15.3. The van der Waals surface area contributed by atoms with E-state index in [1.54, 1.807) is 0 Å². The van der Waals surface area contributed by atoms with Gasteiger partial charge in [-0.1, -0.05) is 6.92 Å². The van der Waals surface area contributed by atoms with Gasteiger partial charge in [0, 0.05) is 24.8 Å². The monoisotopic (exact) mass is 244 g/mol. The summed E-state index contributed by atoms with van der Waals surface area (Å²) in [6, 6.07) is 6.47. The molecule has 0 spiro atoms. The van der Waals surface area contributed by atoms with E-state index < -0.39 is 0 Å². The molecular weight excluding hydrogens is 224 g/mol. The Balaban J connectivity index is 2.24. The molecule has 1 aliphatic rings. The second-order valence-corrected chi connectivity index (χ2v) is 5.38. The predicted molar refractivity (Wildman–Crippen MR) is 72.5 cm³/mol. The van der Waals surface area contributed by atoms with Crippen LogP contribution in [-0.4, -0.2) is 43.1 Å². The Hall–Kier alpha value is -1.60. The minimum Gasteiger partial charge on any atom is -0.355 e. The fourth-order valence-corrected chi connectivity index (χ4v) is 2.69. The van der Waals surface area contributed by atoms with Crippen molar-refractivity contribution in [3.8, 4) is 6.07 Å². The van der Waals surface area contributed by atoms with Gasteiger partial charge in [-0.2, -0.15) is 5.26 Å². The van der Waals surface area contributed by atoms with Crippen LogP contribution in [0.1, 0.15) is 18.2 Å². The third kappa shape index (κ3) is 2.46. The van der Waals surface area contributed by atoms with E-state index in [-0.39, 0.29) is 0 Å². The summed E-state index contributed by atoms with van der Waals surface area (Å²) in [5, 5.41) is 9.02. The topological polar surface area (TPSA) is 43.2 Å². The largest absolute Gasteiger partial charge is 0.355 e. The van der Waals surface area contributed by atoms with Crippen molar-refractivity contribution in [2.24, 2.45) is 5.92 Å². The van der Waals surface area contributed by atoms with Crippen molar-refractivity contribution in [3.05, 3.63) is 23.4 Å². The van der Waals surface area contributed by atoms with Crippen LogP contribution in [0.4, 0.5) is 5.82 Å². The maximum Gasteiger partial charge on any atom is 0.130 e. The van der Waals surface area contributed by atoms with Crippen molar-refractivity contribution in [1.29, 1.82) is 5.26 Å². The minimum absolute atomic E-state index is 0.554. The Kier molecular flexibility index (Phi) is 3.53. The lowest BCUT2D eigenvalue weighted by atomic mass is 10.1. The van der Waals surface area contributed by atoms with Crippen molar-refractivity contribution in [2.75, 3.05) is 32.1 Å². The van der Waals surface area contributed by atoms with E-state index >= 15 is 0 Å². The van der Waals surface area contributed by atoms with Gasteiger partial charge in [-0.05, 0) is 39.1 Å². The van der Waals surface area contributed by atoms with Crippen LogP contribution in [0.15, 0.2) is 12.1 Å². The van der Waals surface area contributed by atoms with Crippen LogP contribution in [0.5, 0.6) is 0 Å². The summed E-state index contributed by atoms with van der Waals surface area (Å²) < 4.78 is 0. The van der Waals surface area contributed by atoms with Crippen LogP contribution in [0, 0.1) is 24.2 Å². The highest BCUT2D eigenvalue weighted by molar-refractivity contribution is 5.47. The first-order valence-corrected chi connectivity index (χ1v) is 6.31. The molecule has 1 aliphatic heterocycles. The van der Waals surface area contributed by atoms with Crippen molar-refractivity contribution in [3.63, 3.8) is 0 Å². The second kappa shape index (κ2) is 4.95. The number of aromatic nitrogens is 1. The third-order valence-electron chi connectivity index (χ3n) is 3.63. The molecule has 96 valence electrons. The Morgan fingerprint density at radius 1 is 1.39 bits per heavy atom. The minimum atomic E-state index is 0.554. The molecule has 18 heavy (non-hydrogen) atoms. The van der Waals surface area contributed by atoms with Crippen LogP contribution < -0.4 is 4.90 Å². The molecule has 2 rings (SSSR count). The number of hydrogen-bond donors (Lipinski definition) is 0. The number of rotatable bonds is 2. The summed E-state index contributed by atoms with van der Waals surface area (Å²) in [7, 11) is 4.24. The highest BCUT2D eigenvalue weighted by Gasteiger charge is 2.31. The first-order valence-electron chi connectivity index (χ1n) is 6.31. The Morgan fingerprint density at radius 3 is 2.67 bits per heavy atom. The molecule has 4 heteroatoms. The number of hydrogen-bond acceptors (Lipinski definition) is 4. The number of aryl methyl sites for hydroxylation is 1. The van der Waals surface area contributed by atoms with E-state index in [0.717, 1.165) is 24.6 Å². The number of pyridine rings is 1. The van der Waals surface area contributed by atoms with Crippen molar-refractivity contribution in [1.82, 2.24) is 9.88 Å². The molecule has 2 heterocycles. The fourth-order valence-electron chi connectivity index (χ4n) is 2.69. The molecule has 1 aromatic heterocycles. The lowest BCUT2D eigenvalue weighted by Gasteiger charge is -2.22. The van der Waals surface area contributed by atoms with Gasteiger partial charge in [-0.15, -0.1) is 0 Å². The van der Waals surface area contributed by atoms with Crippen molar-refractivity contribution >= 4 is 5.82 Å². The quantitative estimate of drug-likeness (QED) is 0.793. The summed E-state index contributed by atoms with van der Waals surface area (Å²) >= 11 is 0. The van der Waals surface area contributed by atoms with Crippen molar-refractivity contribution < 1.29 is 0 Å². The van der Waals surface area contributed by atoms with Gasteiger partial charge < -0.3 is 9.80 Å². The standard InChI is InChI=1S/C14H20N4/c1-10-8-18(9-13(10)17(3)4)14-6-12(7-15)5-11(2)16-14/h5-6,10,13H,8-9H2,1-4H3. The van der Waals surface area contributed by atoms with Crippen LogP contribution in [0.2, 0.25) is 0 Å². The molecule has 0 aliphatic carbocycles. The second-order valence-electron chi connectivity index (χ2n) is 5.38. The van der Waals surface area contributed by atoms with Crippen LogP contribution in [-0.2, 0) is 0 Å². The molecule has 0 amide bonds. The molecule has 0 saturated carbocycles. The van der Waals surface area contributed by atoms with Crippen molar-refractivity contribution in [2.45, 2.75) is 19.9 Å². The molecule has 2 atom stereocenters. The zero-order valence-corrected chi connectivity index (χ0v) is 11.5. The first-order chi connectivity index (χ1) is 8.51. The summed E-state index contributed by atoms with van der Waals surface area (Å²) in [5.41, 5.74) is 1.60. The van der Waals surface area contributed by atoms with Gasteiger partial charge in [0.1, 0.15) is 5.82 Å². The average molecular weight is 244 g/mol. The number of nitrogens with zero attached hydrogens (tertiary/aromatic N) is 4. The zero-order valence-electron chi connectivity index (χ0n) is 11.5. The molecule has 4 nitrogen and oxygen atoms in total. The Labute approximate surface area is 109 Å². The maximum absolute atomic E-state index is 9.02. The predicted octanol–water partition coefficient (Wildman–Crippen LogP) is 1.65. The Morgan fingerprint density at radius 2 is 2.11 bits per heavy atom. The first kappa shape index (κ1) is 12.8. The van der Waals surface area contributed by atoms with E-state index in [1.165, 1.54) is 0 Å². The van der Waals surface area contributed by atoms with Gasteiger partial charge >= 0.3 is 0 Å². The summed E-state index contributed by atoms with van der Waals surface area (Å²) in [4.78, 5) is 9.10. The van der Waals surface area contributed by atoms with E-state index in [9.17, 15) is 0 Å². The van der Waals surface area contributed by atoms with E-state index in [2.05, 4.69) is 41.9 Å².